The lowest BCUT2D eigenvalue weighted by molar-refractivity contribution is -0.0508. The highest BCUT2D eigenvalue weighted by Gasteiger charge is 2.44. The predicted octanol–water partition coefficient (Wildman–Crippen LogP) is 1.42. The third-order valence-electron chi connectivity index (χ3n) is 4.15. The molecule has 9 heteroatoms. The minimum absolute atomic E-state index is 0.392. The molecule has 0 aromatic carbocycles. The Labute approximate surface area is 145 Å². The highest BCUT2D eigenvalue weighted by atomic mass is 35.5. The van der Waals surface area contributed by atoms with Crippen LogP contribution in [0, 0.1) is 0 Å². The van der Waals surface area contributed by atoms with Crippen LogP contribution in [0.2, 0.25) is 5.02 Å². The largest absolute Gasteiger partial charge is 0.394 e. The Morgan fingerprint density at radius 1 is 1.29 bits per heavy atom. The molecule has 0 bridgehead atoms. The van der Waals surface area contributed by atoms with E-state index in [0.717, 1.165) is 5.56 Å². The molecular formula is C15H14ClN3O4S. The van der Waals surface area contributed by atoms with Gasteiger partial charge in [-0.15, -0.1) is 0 Å². The fourth-order valence-electron chi connectivity index (χ4n) is 2.96. The van der Waals surface area contributed by atoms with E-state index < -0.39 is 31.1 Å². The number of nitrogens with zero attached hydrogens (tertiary/aromatic N) is 3. The minimum Gasteiger partial charge on any atom is -0.394 e. The zero-order valence-electron chi connectivity index (χ0n) is 12.3. The van der Waals surface area contributed by atoms with Crippen LogP contribution >= 0.6 is 22.9 Å². The average molecular weight is 368 g/mol. The number of aliphatic hydroxyl groups is 3. The second-order valence-electron chi connectivity index (χ2n) is 5.55. The second-order valence-corrected chi connectivity index (χ2v) is 6.73. The van der Waals surface area contributed by atoms with Gasteiger partial charge in [0.1, 0.15) is 30.3 Å². The molecule has 0 radical (unpaired) electrons. The smallest absolute Gasteiger partial charge is 0.164 e. The highest BCUT2D eigenvalue weighted by Crippen LogP contribution is 2.38. The summed E-state index contributed by atoms with van der Waals surface area (Å²) in [6.07, 6.45) is -1.12. The molecule has 1 aliphatic heterocycles. The van der Waals surface area contributed by atoms with Crippen molar-refractivity contribution < 1.29 is 20.1 Å². The van der Waals surface area contributed by atoms with Crippen LogP contribution < -0.4 is 0 Å². The number of hydrogen-bond acceptors (Lipinski definition) is 7. The molecule has 1 unspecified atom stereocenters. The molecule has 0 saturated carbocycles. The summed E-state index contributed by atoms with van der Waals surface area (Å²) in [7, 11) is 0. The Bertz CT molecular complexity index is 869. The number of halogens is 1. The summed E-state index contributed by atoms with van der Waals surface area (Å²) in [5, 5.41) is 34.4. The maximum Gasteiger partial charge on any atom is 0.164 e. The predicted molar refractivity (Wildman–Crippen MR) is 88.9 cm³/mol. The Hall–Kier alpha value is -1.55. The molecule has 1 aliphatic rings. The first-order chi connectivity index (χ1) is 11.6. The number of thiophene rings is 1. The number of rotatable bonds is 3. The van der Waals surface area contributed by atoms with Crippen molar-refractivity contribution >= 4 is 34.0 Å². The van der Waals surface area contributed by atoms with E-state index in [9.17, 15) is 15.3 Å². The van der Waals surface area contributed by atoms with E-state index in [1.807, 2.05) is 16.8 Å². The first-order valence-corrected chi connectivity index (χ1v) is 8.60. The Morgan fingerprint density at radius 2 is 2.12 bits per heavy atom. The molecule has 0 aliphatic carbocycles. The molecule has 126 valence electrons. The molecule has 1 fully saturated rings. The first-order valence-electron chi connectivity index (χ1n) is 7.28. The fourth-order valence-corrected chi connectivity index (χ4v) is 3.88. The molecule has 3 N–H and O–H groups in total. The number of aliphatic hydroxyl groups excluding tert-OH is 3. The minimum atomic E-state index is -1.20. The normalized spacial score (nSPS) is 27.2. The summed E-state index contributed by atoms with van der Waals surface area (Å²) in [5.41, 5.74) is 2.11. The molecule has 7 nitrogen and oxygen atoms in total. The molecule has 0 spiro atoms. The van der Waals surface area contributed by atoms with Crippen LogP contribution in [0.1, 0.15) is 6.23 Å². The van der Waals surface area contributed by atoms with Crippen molar-refractivity contribution in [1.29, 1.82) is 0 Å². The lowest BCUT2D eigenvalue weighted by Crippen LogP contribution is -2.33. The Morgan fingerprint density at radius 3 is 2.79 bits per heavy atom. The van der Waals surface area contributed by atoms with Crippen LogP contribution in [0.25, 0.3) is 22.3 Å². The first kappa shape index (κ1) is 15.9. The van der Waals surface area contributed by atoms with E-state index in [-0.39, 0.29) is 0 Å². The van der Waals surface area contributed by atoms with Crippen LogP contribution in [-0.2, 0) is 4.74 Å². The monoisotopic (exact) mass is 367 g/mol. The molecule has 3 aromatic rings. The van der Waals surface area contributed by atoms with Crippen molar-refractivity contribution in [2.75, 3.05) is 6.61 Å². The molecule has 3 aromatic heterocycles. The third kappa shape index (κ3) is 2.34. The number of hydrogen-bond donors (Lipinski definition) is 3. The van der Waals surface area contributed by atoms with Crippen molar-refractivity contribution in [3.05, 3.63) is 34.4 Å². The lowest BCUT2D eigenvalue weighted by atomic mass is 10.1. The molecular weight excluding hydrogens is 354 g/mol. The summed E-state index contributed by atoms with van der Waals surface area (Å²) in [5.74, 6) is 0. The van der Waals surface area contributed by atoms with Gasteiger partial charge in [-0.2, -0.15) is 11.3 Å². The van der Waals surface area contributed by atoms with Crippen LogP contribution in [0.5, 0.6) is 0 Å². The SMILES string of the molecule is OC[C@H]1O[C@@H](n2cc(Cl)c3c(-c4ccsc4)ncnc32)C(O)[C@@H]1O. The van der Waals surface area contributed by atoms with Crippen LogP contribution in [0.15, 0.2) is 29.4 Å². The van der Waals surface area contributed by atoms with Gasteiger partial charge in [-0.25, -0.2) is 9.97 Å². The van der Waals surface area contributed by atoms with E-state index in [4.69, 9.17) is 16.3 Å². The quantitative estimate of drug-likeness (QED) is 0.647. The van der Waals surface area contributed by atoms with Gasteiger partial charge in [0, 0.05) is 17.1 Å². The molecule has 0 amide bonds. The molecule has 24 heavy (non-hydrogen) atoms. The van der Waals surface area contributed by atoms with Gasteiger partial charge < -0.3 is 24.6 Å². The summed E-state index contributed by atoms with van der Waals surface area (Å²) in [6, 6.07) is 1.94. The summed E-state index contributed by atoms with van der Waals surface area (Å²) in [4.78, 5) is 8.58. The molecule has 4 rings (SSSR count). The standard InChI is InChI=1S/C15H14ClN3O4S/c16-8-3-19(15-13(22)12(21)9(4-20)23-15)14-10(8)11(17-6-18-14)7-1-2-24-5-7/h1-3,5-6,9,12-13,15,20-22H,4H2/t9-,12-,13?,15-/m1/s1. The van der Waals surface area contributed by atoms with Crippen molar-refractivity contribution in [2.24, 2.45) is 0 Å². The number of ether oxygens (including phenoxy) is 1. The summed E-state index contributed by atoms with van der Waals surface area (Å²) >= 11 is 7.94. The van der Waals surface area contributed by atoms with Gasteiger partial charge in [-0.05, 0) is 11.4 Å². The van der Waals surface area contributed by atoms with E-state index in [1.165, 1.54) is 6.33 Å². The van der Waals surface area contributed by atoms with Crippen molar-refractivity contribution in [3.63, 3.8) is 0 Å². The van der Waals surface area contributed by atoms with Crippen LogP contribution in [0.4, 0.5) is 0 Å². The lowest BCUT2D eigenvalue weighted by Gasteiger charge is -2.17. The Balaban J connectivity index is 1.86. The van der Waals surface area contributed by atoms with Gasteiger partial charge in [0.05, 0.1) is 22.7 Å². The molecule has 4 heterocycles. The number of aromatic nitrogens is 3. The van der Waals surface area contributed by atoms with E-state index >= 15 is 0 Å². The van der Waals surface area contributed by atoms with Crippen molar-refractivity contribution in [1.82, 2.24) is 14.5 Å². The van der Waals surface area contributed by atoms with Gasteiger partial charge in [0.15, 0.2) is 6.23 Å². The van der Waals surface area contributed by atoms with E-state index in [0.29, 0.717) is 21.7 Å². The maximum absolute atomic E-state index is 10.2. The summed E-state index contributed by atoms with van der Waals surface area (Å²) < 4.78 is 7.14. The third-order valence-corrected chi connectivity index (χ3v) is 5.12. The van der Waals surface area contributed by atoms with Crippen molar-refractivity contribution in [3.8, 4) is 11.3 Å². The average Bonchev–Trinajstić information content (AvgIpc) is 3.29. The van der Waals surface area contributed by atoms with Crippen molar-refractivity contribution in [2.45, 2.75) is 24.5 Å². The second kappa shape index (κ2) is 6.07. The van der Waals surface area contributed by atoms with Crippen LogP contribution in [-0.4, -0.2) is 54.8 Å². The van der Waals surface area contributed by atoms with Gasteiger partial charge >= 0.3 is 0 Å². The van der Waals surface area contributed by atoms with Gasteiger partial charge in [0.25, 0.3) is 0 Å². The topological polar surface area (TPSA) is 101 Å². The molecule has 4 atom stereocenters. The maximum atomic E-state index is 10.2. The Kier molecular flexibility index (Phi) is 4.03. The molecule has 1 saturated heterocycles. The zero-order chi connectivity index (χ0) is 16.8. The summed E-state index contributed by atoms with van der Waals surface area (Å²) in [6.45, 7) is -0.392. The fraction of sp³-hybridized carbons (Fsp3) is 0.333. The van der Waals surface area contributed by atoms with Crippen LogP contribution in [0.3, 0.4) is 0 Å². The van der Waals surface area contributed by atoms with E-state index in [1.54, 1.807) is 22.1 Å². The highest BCUT2D eigenvalue weighted by molar-refractivity contribution is 7.08. The van der Waals surface area contributed by atoms with Gasteiger partial charge in [-0.1, -0.05) is 11.6 Å². The zero-order valence-corrected chi connectivity index (χ0v) is 13.9. The van der Waals surface area contributed by atoms with E-state index in [2.05, 4.69) is 9.97 Å². The van der Waals surface area contributed by atoms with Gasteiger partial charge in [0.2, 0.25) is 0 Å². The van der Waals surface area contributed by atoms with Gasteiger partial charge in [-0.3, -0.25) is 0 Å². The number of fused-ring (bicyclic) bond motifs is 1.